The summed E-state index contributed by atoms with van der Waals surface area (Å²) in [5, 5.41) is 0. The lowest BCUT2D eigenvalue weighted by molar-refractivity contribution is 1.22. The van der Waals surface area contributed by atoms with Crippen LogP contribution in [0.3, 0.4) is 0 Å². The third kappa shape index (κ3) is 3.63. The van der Waals surface area contributed by atoms with Crippen molar-refractivity contribution in [2.24, 2.45) is 0 Å². The van der Waals surface area contributed by atoms with Crippen molar-refractivity contribution in [1.82, 2.24) is 9.97 Å². The molecule has 2 aromatic heterocycles. The summed E-state index contributed by atoms with van der Waals surface area (Å²) in [7, 11) is 0. The first-order valence-electron chi connectivity index (χ1n) is 6.97. The molecule has 2 nitrogen and oxygen atoms in total. The van der Waals surface area contributed by atoms with E-state index in [0.717, 1.165) is 12.0 Å². The molecule has 0 aliphatic carbocycles. The lowest BCUT2D eigenvalue weighted by Gasteiger charge is -2.08. The van der Waals surface area contributed by atoms with Gasteiger partial charge in [0.2, 0.25) is 0 Å². The van der Waals surface area contributed by atoms with E-state index in [-0.39, 0.29) is 0 Å². The molecule has 21 heavy (non-hydrogen) atoms. The Hall–Kier alpha value is -2.74. The minimum Gasteiger partial charge on any atom is -0.265 e. The van der Waals surface area contributed by atoms with Crippen molar-refractivity contribution in [1.29, 1.82) is 0 Å². The Labute approximate surface area is 124 Å². The number of rotatable bonds is 4. The molecule has 2 heterocycles. The molecule has 0 saturated carbocycles. The minimum atomic E-state index is 0.884. The molecule has 0 bridgehead atoms. The zero-order valence-electron chi connectivity index (χ0n) is 11.7. The summed E-state index contributed by atoms with van der Waals surface area (Å²) in [5.74, 6) is 0. The summed E-state index contributed by atoms with van der Waals surface area (Å²) < 4.78 is 0. The van der Waals surface area contributed by atoms with Gasteiger partial charge < -0.3 is 0 Å². The highest BCUT2D eigenvalue weighted by Gasteiger charge is 2.03. The van der Waals surface area contributed by atoms with E-state index in [4.69, 9.17) is 0 Å². The average molecular weight is 272 g/mol. The summed E-state index contributed by atoms with van der Waals surface area (Å²) >= 11 is 0. The standard InChI is InChI=1S/C19H16N2/c1-2-4-18(5-3-1)19(14-16-6-10-20-11-7-16)15-17-8-12-21-13-9-17/h1-14H,15H2/b19-14+. The Morgan fingerprint density at radius 3 is 2.05 bits per heavy atom. The van der Waals surface area contributed by atoms with Crippen LogP contribution in [-0.2, 0) is 6.42 Å². The number of pyridine rings is 2. The van der Waals surface area contributed by atoms with E-state index in [2.05, 4.69) is 52.4 Å². The SMILES string of the molecule is C(=C(/Cc1ccncc1)c1ccccc1)/c1ccncc1. The van der Waals surface area contributed by atoms with Crippen molar-refractivity contribution in [2.45, 2.75) is 6.42 Å². The van der Waals surface area contributed by atoms with Gasteiger partial charge in [0.15, 0.2) is 0 Å². The molecule has 0 unspecified atom stereocenters. The van der Waals surface area contributed by atoms with Crippen molar-refractivity contribution in [3.63, 3.8) is 0 Å². The maximum Gasteiger partial charge on any atom is 0.0273 e. The fourth-order valence-corrected chi connectivity index (χ4v) is 2.27. The smallest absolute Gasteiger partial charge is 0.0273 e. The van der Waals surface area contributed by atoms with Crippen molar-refractivity contribution < 1.29 is 0 Å². The molecule has 102 valence electrons. The van der Waals surface area contributed by atoms with Crippen molar-refractivity contribution in [3.8, 4) is 0 Å². The largest absolute Gasteiger partial charge is 0.265 e. The maximum atomic E-state index is 4.08. The molecule has 3 rings (SSSR count). The molecule has 0 amide bonds. The molecule has 0 atom stereocenters. The van der Waals surface area contributed by atoms with Crippen molar-refractivity contribution >= 4 is 11.6 Å². The van der Waals surface area contributed by atoms with Gasteiger partial charge in [0.05, 0.1) is 0 Å². The van der Waals surface area contributed by atoms with Crippen LogP contribution in [0.4, 0.5) is 0 Å². The van der Waals surface area contributed by atoms with Crippen LogP contribution in [0.1, 0.15) is 16.7 Å². The molecule has 0 spiro atoms. The molecule has 1 aromatic carbocycles. The number of hydrogen-bond donors (Lipinski definition) is 0. The van der Waals surface area contributed by atoms with Gasteiger partial charge in [0.25, 0.3) is 0 Å². The van der Waals surface area contributed by atoms with Gasteiger partial charge in [-0.25, -0.2) is 0 Å². The van der Waals surface area contributed by atoms with Gasteiger partial charge in [-0.2, -0.15) is 0 Å². The highest BCUT2D eigenvalue weighted by molar-refractivity contribution is 5.82. The van der Waals surface area contributed by atoms with E-state index in [1.54, 1.807) is 0 Å². The summed E-state index contributed by atoms with van der Waals surface area (Å²) in [6.07, 6.45) is 10.4. The van der Waals surface area contributed by atoms with E-state index in [9.17, 15) is 0 Å². The molecular weight excluding hydrogens is 256 g/mol. The van der Waals surface area contributed by atoms with Crippen LogP contribution in [0.15, 0.2) is 79.4 Å². The van der Waals surface area contributed by atoms with E-state index in [1.165, 1.54) is 16.7 Å². The van der Waals surface area contributed by atoms with Crippen LogP contribution in [0.2, 0.25) is 0 Å². The summed E-state index contributed by atoms with van der Waals surface area (Å²) in [4.78, 5) is 8.15. The fourth-order valence-electron chi connectivity index (χ4n) is 2.27. The van der Waals surface area contributed by atoms with E-state index < -0.39 is 0 Å². The number of allylic oxidation sites excluding steroid dienone is 1. The van der Waals surface area contributed by atoms with Crippen LogP contribution in [0.25, 0.3) is 11.6 Å². The lowest BCUT2D eigenvalue weighted by atomic mass is 9.97. The highest BCUT2D eigenvalue weighted by Crippen LogP contribution is 2.22. The number of nitrogens with zero attached hydrogens (tertiary/aromatic N) is 2. The third-order valence-electron chi connectivity index (χ3n) is 3.34. The molecule has 0 saturated heterocycles. The predicted molar refractivity (Wildman–Crippen MR) is 86.5 cm³/mol. The Kier molecular flexibility index (Phi) is 4.18. The van der Waals surface area contributed by atoms with Gasteiger partial charge in [0, 0.05) is 24.8 Å². The Morgan fingerprint density at radius 1 is 0.762 bits per heavy atom. The first-order chi connectivity index (χ1) is 10.4. The molecule has 0 radical (unpaired) electrons. The van der Waals surface area contributed by atoms with E-state index >= 15 is 0 Å². The lowest BCUT2D eigenvalue weighted by Crippen LogP contribution is -1.91. The molecule has 0 aliphatic heterocycles. The van der Waals surface area contributed by atoms with Crippen molar-refractivity contribution in [3.05, 3.63) is 96.1 Å². The third-order valence-corrected chi connectivity index (χ3v) is 3.34. The second-order valence-corrected chi connectivity index (χ2v) is 4.85. The van der Waals surface area contributed by atoms with Crippen molar-refractivity contribution in [2.75, 3.05) is 0 Å². The summed E-state index contributed by atoms with van der Waals surface area (Å²) in [6.45, 7) is 0. The fraction of sp³-hybridized carbons (Fsp3) is 0.0526. The molecular formula is C19H16N2. The van der Waals surface area contributed by atoms with Crippen LogP contribution in [0, 0.1) is 0 Å². The van der Waals surface area contributed by atoms with E-state index in [1.807, 2.05) is 43.0 Å². The topological polar surface area (TPSA) is 25.8 Å². The highest BCUT2D eigenvalue weighted by atomic mass is 14.6. The first-order valence-corrected chi connectivity index (χ1v) is 6.97. The van der Waals surface area contributed by atoms with Gasteiger partial charge in [-0.3, -0.25) is 9.97 Å². The van der Waals surface area contributed by atoms with Gasteiger partial charge >= 0.3 is 0 Å². The Bertz CT molecular complexity index is 704. The van der Waals surface area contributed by atoms with Crippen LogP contribution < -0.4 is 0 Å². The number of aromatic nitrogens is 2. The predicted octanol–water partition coefficient (Wildman–Crippen LogP) is 4.26. The van der Waals surface area contributed by atoms with Gasteiger partial charge in [-0.1, -0.05) is 36.4 Å². The second kappa shape index (κ2) is 6.62. The Morgan fingerprint density at radius 2 is 1.38 bits per heavy atom. The normalized spacial score (nSPS) is 11.3. The zero-order chi connectivity index (χ0) is 14.3. The maximum absolute atomic E-state index is 4.08. The Balaban J connectivity index is 1.97. The second-order valence-electron chi connectivity index (χ2n) is 4.85. The molecule has 0 fully saturated rings. The summed E-state index contributed by atoms with van der Waals surface area (Å²) in [5.41, 5.74) is 4.95. The van der Waals surface area contributed by atoms with Gasteiger partial charge in [-0.15, -0.1) is 0 Å². The number of benzene rings is 1. The molecule has 2 heteroatoms. The summed E-state index contributed by atoms with van der Waals surface area (Å²) in [6, 6.07) is 18.6. The molecule has 0 aliphatic rings. The van der Waals surface area contributed by atoms with Crippen LogP contribution in [-0.4, -0.2) is 9.97 Å². The van der Waals surface area contributed by atoms with Gasteiger partial charge in [-0.05, 0) is 52.9 Å². The van der Waals surface area contributed by atoms with Crippen LogP contribution >= 0.6 is 0 Å². The zero-order valence-corrected chi connectivity index (χ0v) is 11.7. The number of hydrogen-bond acceptors (Lipinski definition) is 2. The van der Waals surface area contributed by atoms with Crippen LogP contribution in [0.5, 0.6) is 0 Å². The van der Waals surface area contributed by atoms with E-state index in [0.29, 0.717) is 0 Å². The molecule has 0 N–H and O–H groups in total. The van der Waals surface area contributed by atoms with Gasteiger partial charge in [0.1, 0.15) is 0 Å². The minimum absolute atomic E-state index is 0.884. The average Bonchev–Trinajstić information content (AvgIpc) is 2.57. The molecule has 3 aromatic rings. The quantitative estimate of drug-likeness (QED) is 0.709. The monoisotopic (exact) mass is 272 g/mol. The first kappa shape index (κ1) is 13.3.